The fourth-order valence-electron chi connectivity index (χ4n) is 6.60. The van der Waals surface area contributed by atoms with Crippen molar-refractivity contribution < 1.29 is 19.1 Å². The average Bonchev–Trinajstić information content (AvgIpc) is 3.04. The number of nitriles is 2. The first-order valence-electron chi connectivity index (χ1n) is 18.6. The first-order chi connectivity index (χ1) is 23.2. The third kappa shape index (κ3) is 15.7. The standard InChI is InChI=1S/C21H34N2O2.C20H32N2O2/c1-6-9-10-16(7-2)15-23-18-11-17(12-21(4,5)13-18)19(14-22)20(24)25-8-3;1-6-8-9-15(7-2)14-22-17-10-16(11-20(3,4)12-17)18(13-21)19(23)24-5/h11,16,23H,6-10,12-13,15H2,1-5H3;10,15,22H,6-9,11-12,14H2,1-5H3/b19-17+;18-16+. The van der Waals surface area contributed by atoms with E-state index in [0.717, 1.165) is 54.9 Å². The summed E-state index contributed by atoms with van der Waals surface area (Å²) in [6.07, 6.45) is 17.1. The molecular weight excluding hydrogens is 612 g/mol. The molecule has 0 aromatic carbocycles. The lowest BCUT2D eigenvalue weighted by molar-refractivity contribution is -0.138. The molecule has 49 heavy (non-hydrogen) atoms. The van der Waals surface area contributed by atoms with E-state index in [1.54, 1.807) is 6.92 Å². The molecule has 8 nitrogen and oxygen atoms in total. The van der Waals surface area contributed by atoms with Gasteiger partial charge < -0.3 is 20.1 Å². The fourth-order valence-corrected chi connectivity index (χ4v) is 6.60. The van der Waals surface area contributed by atoms with E-state index in [1.807, 2.05) is 18.2 Å². The van der Waals surface area contributed by atoms with Crippen molar-refractivity contribution in [3.8, 4) is 12.1 Å². The molecule has 2 rings (SSSR count). The van der Waals surface area contributed by atoms with Crippen LogP contribution in [0, 0.1) is 45.3 Å². The van der Waals surface area contributed by atoms with Crippen LogP contribution in [0.15, 0.2) is 45.8 Å². The smallest absolute Gasteiger partial charge is 0.349 e. The van der Waals surface area contributed by atoms with Crippen LogP contribution in [0.2, 0.25) is 0 Å². The molecule has 0 radical (unpaired) electrons. The Bertz CT molecular complexity index is 1290. The minimum atomic E-state index is -0.546. The van der Waals surface area contributed by atoms with Crippen molar-refractivity contribution in [2.24, 2.45) is 22.7 Å². The van der Waals surface area contributed by atoms with Crippen LogP contribution in [0.4, 0.5) is 0 Å². The Labute approximate surface area is 298 Å². The predicted molar refractivity (Wildman–Crippen MR) is 199 cm³/mol. The first kappa shape index (κ1) is 43.5. The highest BCUT2D eigenvalue weighted by molar-refractivity contribution is 5.94. The molecule has 2 N–H and O–H groups in total. The summed E-state index contributed by atoms with van der Waals surface area (Å²) in [6, 6.07) is 4.07. The van der Waals surface area contributed by atoms with Crippen LogP contribution in [0.1, 0.15) is 139 Å². The second-order valence-electron chi connectivity index (χ2n) is 15.2. The number of carbonyl (C=O) groups is 2. The molecule has 0 aliphatic heterocycles. The number of rotatable bonds is 17. The second kappa shape index (κ2) is 22.2. The number of allylic oxidation sites excluding steroid dienone is 6. The normalized spacial score (nSPS) is 19.6. The van der Waals surface area contributed by atoms with Gasteiger partial charge in [0.2, 0.25) is 0 Å². The molecule has 0 amide bonds. The van der Waals surface area contributed by atoms with Gasteiger partial charge in [-0.2, -0.15) is 10.5 Å². The summed E-state index contributed by atoms with van der Waals surface area (Å²) in [5.41, 5.74) is 4.13. The first-order valence-corrected chi connectivity index (χ1v) is 18.6. The van der Waals surface area contributed by atoms with Gasteiger partial charge in [0.25, 0.3) is 0 Å². The van der Waals surface area contributed by atoms with E-state index < -0.39 is 11.9 Å². The summed E-state index contributed by atoms with van der Waals surface area (Å²) >= 11 is 0. The van der Waals surface area contributed by atoms with Crippen LogP contribution >= 0.6 is 0 Å². The van der Waals surface area contributed by atoms with Gasteiger partial charge in [-0.3, -0.25) is 0 Å². The molecule has 0 spiro atoms. The number of nitrogens with zero attached hydrogens (tertiary/aromatic N) is 2. The van der Waals surface area contributed by atoms with E-state index >= 15 is 0 Å². The quantitative estimate of drug-likeness (QED) is 0.0886. The molecule has 0 saturated heterocycles. The molecule has 0 saturated carbocycles. The predicted octanol–water partition coefficient (Wildman–Crippen LogP) is 9.37. The van der Waals surface area contributed by atoms with Gasteiger partial charge >= 0.3 is 11.9 Å². The van der Waals surface area contributed by atoms with Gasteiger partial charge in [-0.05, 0) is 91.4 Å². The van der Waals surface area contributed by atoms with Gasteiger partial charge in [0.05, 0.1) is 13.7 Å². The Kier molecular flexibility index (Phi) is 19.8. The zero-order valence-electron chi connectivity index (χ0n) is 32.4. The topological polar surface area (TPSA) is 124 Å². The van der Waals surface area contributed by atoms with Gasteiger partial charge in [0.1, 0.15) is 23.3 Å². The third-order valence-corrected chi connectivity index (χ3v) is 9.43. The molecule has 0 bridgehead atoms. The van der Waals surface area contributed by atoms with Crippen molar-refractivity contribution in [2.45, 2.75) is 139 Å². The summed E-state index contributed by atoms with van der Waals surface area (Å²) in [5.74, 6) is 0.274. The van der Waals surface area contributed by atoms with Gasteiger partial charge in [0.15, 0.2) is 0 Å². The monoisotopic (exact) mass is 679 g/mol. The van der Waals surface area contributed by atoms with Gasteiger partial charge in [0, 0.05) is 24.5 Å². The Morgan fingerprint density at radius 3 is 1.47 bits per heavy atom. The number of carbonyl (C=O) groups excluding carboxylic acids is 2. The Morgan fingerprint density at radius 2 is 1.14 bits per heavy atom. The Morgan fingerprint density at radius 1 is 0.735 bits per heavy atom. The molecule has 0 heterocycles. The lowest BCUT2D eigenvalue weighted by Crippen LogP contribution is -2.29. The highest BCUT2D eigenvalue weighted by Crippen LogP contribution is 2.39. The summed E-state index contributed by atoms with van der Waals surface area (Å²) in [6.45, 7) is 21.5. The molecule has 0 fully saturated rings. The van der Waals surface area contributed by atoms with E-state index in [-0.39, 0.29) is 28.6 Å². The van der Waals surface area contributed by atoms with Crippen molar-refractivity contribution in [2.75, 3.05) is 26.8 Å². The SMILES string of the molecule is CCCCC(CC)CNC1=C/C(=C(/C#N)C(=O)OC)CC(C)(C)C1.CCCCC(CC)CNC1=C/C(=C(/C#N)C(=O)OCC)CC(C)(C)C1. The van der Waals surface area contributed by atoms with Crippen molar-refractivity contribution >= 4 is 11.9 Å². The van der Waals surface area contributed by atoms with Crippen molar-refractivity contribution in [1.82, 2.24) is 10.6 Å². The minimum Gasteiger partial charge on any atom is -0.465 e. The van der Waals surface area contributed by atoms with Gasteiger partial charge in [-0.15, -0.1) is 0 Å². The minimum absolute atomic E-state index is 0.0200. The van der Waals surface area contributed by atoms with Gasteiger partial charge in [-0.1, -0.05) is 93.9 Å². The van der Waals surface area contributed by atoms with Crippen LogP contribution < -0.4 is 10.6 Å². The summed E-state index contributed by atoms with van der Waals surface area (Å²) in [4.78, 5) is 23.9. The number of nitrogens with one attached hydrogen (secondary N) is 2. The highest BCUT2D eigenvalue weighted by atomic mass is 16.5. The fraction of sp³-hybridized carbons (Fsp3) is 0.707. The highest BCUT2D eigenvalue weighted by Gasteiger charge is 2.30. The van der Waals surface area contributed by atoms with E-state index in [2.05, 4.69) is 72.1 Å². The maximum Gasteiger partial charge on any atom is 0.349 e. The lowest BCUT2D eigenvalue weighted by atomic mass is 9.76. The average molecular weight is 679 g/mol. The van der Waals surface area contributed by atoms with Crippen LogP contribution in [0.5, 0.6) is 0 Å². The van der Waals surface area contributed by atoms with E-state index in [9.17, 15) is 20.1 Å². The molecule has 2 aliphatic carbocycles. The Balaban J connectivity index is 0.000000490. The molecular formula is C41H66N4O4. The van der Waals surface area contributed by atoms with E-state index in [1.165, 1.54) is 52.1 Å². The van der Waals surface area contributed by atoms with Crippen LogP contribution in [-0.4, -0.2) is 38.7 Å². The summed E-state index contributed by atoms with van der Waals surface area (Å²) in [5, 5.41) is 25.9. The number of esters is 2. The zero-order valence-corrected chi connectivity index (χ0v) is 32.4. The number of unbranched alkanes of at least 4 members (excludes halogenated alkanes) is 2. The van der Waals surface area contributed by atoms with Crippen molar-refractivity contribution in [1.29, 1.82) is 10.5 Å². The maximum absolute atomic E-state index is 12.1. The zero-order chi connectivity index (χ0) is 37.0. The van der Waals surface area contributed by atoms with E-state index in [0.29, 0.717) is 24.7 Å². The van der Waals surface area contributed by atoms with Crippen LogP contribution in [0.25, 0.3) is 0 Å². The molecule has 274 valence electrons. The molecule has 2 unspecified atom stereocenters. The number of hydrogen-bond donors (Lipinski definition) is 2. The van der Waals surface area contributed by atoms with Crippen molar-refractivity contribution in [3.05, 3.63) is 45.8 Å². The summed E-state index contributed by atoms with van der Waals surface area (Å²) < 4.78 is 9.79. The number of methoxy groups -OCH3 is 1. The second-order valence-corrected chi connectivity index (χ2v) is 15.2. The molecule has 0 aromatic rings. The maximum atomic E-state index is 12.1. The molecule has 0 aromatic heterocycles. The van der Waals surface area contributed by atoms with Crippen LogP contribution in [-0.2, 0) is 19.1 Å². The lowest BCUT2D eigenvalue weighted by Gasteiger charge is -2.32. The largest absolute Gasteiger partial charge is 0.465 e. The van der Waals surface area contributed by atoms with Crippen molar-refractivity contribution in [3.63, 3.8) is 0 Å². The Hall–Kier alpha value is -3.52. The number of ether oxygens (including phenoxy) is 2. The summed E-state index contributed by atoms with van der Waals surface area (Å²) in [7, 11) is 1.32. The molecule has 2 aliphatic rings. The number of hydrogen-bond acceptors (Lipinski definition) is 8. The molecule has 8 heteroatoms. The molecule has 2 atom stereocenters. The van der Waals surface area contributed by atoms with E-state index in [4.69, 9.17) is 9.47 Å². The van der Waals surface area contributed by atoms with Crippen LogP contribution in [0.3, 0.4) is 0 Å². The third-order valence-electron chi connectivity index (χ3n) is 9.43. The van der Waals surface area contributed by atoms with Gasteiger partial charge in [-0.25, -0.2) is 9.59 Å².